The van der Waals surface area contributed by atoms with E-state index in [2.05, 4.69) is 26.7 Å². The topological polar surface area (TPSA) is 75.6 Å². The van der Waals surface area contributed by atoms with Crippen molar-refractivity contribution in [1.29, 1.82) is 0 Å². The average Bonchev–Trinajstić information content (AvgIpc) is 3.40. The fraction of sp³-hybridized carbons (Fsp3) is 0.125. The Labute approximate surface area is 183 Å². The molecule has 154 valence electrons. The van der Waals surface area contributed by atoms with E-state index in [1.165, 1.54) is 0 Å². The second kappa shape index (κ2) is 8.24. The number of nitrogens with one attached hydrogen (secondary N) is 2. The number of aromatic nitrogens is 4. The molecule has 0 saturated heterocycles. The minimum absolute atomic E-state index is 0.0960. The van der Waals surface area contributed by atoms with Crippen LogP contribution in [0.5, 0.6) is 0 Å². The maximum Gasteiger partial charge on any atom is 0.241 e. The fourth-order valence-electron chi connectivity index (χ4n) is 3.97. The van der Waals surface area contributed by atoms with Crippen LogP contribution in [-0.2, 0) is 11.3 Å². The van der Waals surface area contributed by atoms with Crippen molar-refractivity contribution < 1.29 is 4.79 Å². The number of carbonyl (C=O) groups excluding carboxylic acids is 1. The summed E-state index contributed by atoms with van der Waals surface area (Å²) in [6.07, 6.45) is 2.00. The smallest absolute Gasteiger partial charge is 0.241 e. The van der Waals surface area contributed by atoms with Crippen molar-refractivity contribution >= 4 is 39.4 Å². The molecular formula is C24H20ClN5O. The van der Waals surface area contributed by atoms with Crippen LogP contribution in [-0.4, -0.2) is 32.4 Å². The Morgan fingerprint density at radius 3 is 2.68 bits per heavy atom. The van der Waals surface area contributed by atoms with Crippen molar-refractivity contribution in [2.24, 2.45) is 0 Å². The number of amides is 1. The molecule has 0 fully saturated rings. The van der Waals surface area contributed by atoms with Gasteiger partial charge in [-0.2, -0.15) is 0 Å². The monoisotopic (exact) mass is 429 g/mol. The summed E-state index contributed by atoms with van der Waals surface area (Å²) in [5, 5.41) is 13.1. The number of H-pyrrole nitrogens is 1. The highest BCUT2D eigenvalue weighted by Crippen LogP contribution is 2.34. The molecule has 3 aromatic carbocycles. The average molecular weight is 430 g/mol. The zero-order chi connectivity index (χ0) is 21.2. The van der Waals surface area contributed by atoms with Gasteiger partial charge in [-0.25, -0.2) is 4.68 Å². The minimum atomic E-state index is -0.132. The van der Waals surface area contributed by atoms with E-state index in [0.29, 0.717) is 11.6 Å². The Balaban J connectivity index is 1.41. The van der Waals surface area contributed by atoms with Crippen LogP contribution in [0.25, 0.3) is 21.9 Å². The first-order chi connectivity index (χ1) is 15.2. The summed E-state index contributed by atoms with van der Waals surface area (Å²) in [5.41, 5.74) is 4.71. The SMILES string of the molecule is O=C(Cn1nnc2ccccc21)NCC(c1ccccc1Cl)c1c[nH]c2ccccc12. The van der Waals surface area contributed by atoms with Crippen LogP contribution in [0.1, 0.15) is 17.0 Å². The molecule has 0 aliphatic heterocycles. The number of benzene rings is 3. The summed E-state index contributed by atoms with van der Waals surface area (Å²) in [4.78, 5) is 16.1. The summed E-state index contributed by atoms with van der Waals surface area (Å²) in [6.45, 7) is 0.515. The van der Waals surface area contributed by atoms with Gasteiger partial charge in [-0.05, 0) is 35.4 Å². The van der Waals surface area contributed by atoms with Crippen molar-refractivity contribution in [3.63, 3.8) is 0 Å². The molecule has 6 nitrogen and oxygen atoms in total. The molecule has 5 aromatic rings. The predicted molar refractivity (Wildman–Crippen MR) is 122 cm³/mol. The Morgan fingerprint density at radius 2 is 1.77 bits per heavy atom. The van der Waals surface area contributed by atoms with Crippen LogP contribution in [0.15, 0.2) is 79.0 Å². The molecule has 2 aromatic heterocycles. The molecule has 7 heteroatoms. The number of fused-ring (bicyclic) bond motifs is 2. The molecular weight excluding hydrogens is 410 g/mol. The van der Waals surface area contributed by atoms with Crippen LogP contribution in [0.4, 0.5) is 0 Å². The van der Waals surface area contributed by atoms with Crippen molar-refractivity contribution in [1.82, 2.24) is 25.3 Å². The number of aromatic amines is 1. The first kappa shape index (κ1) is 19.3. The first-order valence-corrected chi connectivity index (χ1v) is 10.4. The largest absolute Gasteiger partial charge is 0.361 e. The van der Waals surface area contributed by atoms with Crippen LogP contribution in [0.3, 0.4) is 0 Å². The number of halogens is 1. The number of hydrogen-bond donors (Lipinski definition) is 2. The Hall–Kier alpha value is -3.64. The van der Waals surface area contributed by atoms with Gasteiger partial charge in [0.05, 0.1) is 5.52 Å². The molecule has 1 amide bonds. The highest BCUT2D eigenvalue weighted by molar-refractivity contribution is 6.31. The van der Waals surface area contributed by atoms with E-state index < -0.39 is 0 Å². The Bertz CT molecular complexity index is 1370. The second-order valence-corrected chi connectivity index (χ2v) is 7.81. The molecule has 31 heavy (non-hydrogen) atoms. The van der Waals surface area contributed by atoms with E-state index in [1.807, 2.05) is 72.9 Å². The summed E-state index contributed by atoms with van der Waals surface area (Å²) < 4.78 is 1.61. The van der Waals surface area contributed by atoms with Crippen molar-refractivity contribution in [3.8, 4) is 0 Å². The molecule has 0 aliphatic rings. The third-order valence-corrected chi connectivity index (χ3v) is 5.84. The Kier molecular flexibility index (Phi) is 5.14. The zero-order valence-electron chi connectivity index (χ0n) is 16.6. The second-order valence-electron chi connectivity index (χ2n) is 7.40. The van der Waals surface area contributed by atoms with Gasteiger partial charge in [-0.3, -0.25) is 4.79 Å². The van der Waals surface area contributed by atoms with Crippen LogP contribution >= 0.6 is 11.6 Å². The highest BCUT2D eigenvalue weighted by atomic mass is 35.5. The van der Waals surface area contributed by atoms with Crippen LogP contribution < -0.4 is 5.32 Å². The van der Waals surface area contributed by atoms with E-state index in [9.17, 15) is 4.79 Å². The van der Waals surface area contributed by atoms with E-state index in [-0.39, 0.29) is 18.4 Å². The molecule has 5 rings (SSSR count). The van der Waals surface area contributed by atoms with Gasteiger partial charge in [0.15, 0.2) is 0 Å². The molecule has 0 aliphatic carbocycles. The van der Waals surface area contributed by atoms with E-state index in [4.69, 9.17) is 11.6 Å². The van der Waals surface area contributed by atoms with Gasteiger partial charge >= 0.3 is 0 Å². The summed E-state index contributed by atoms with van der Waals surface area (Å²) >= 11 is 6.54. The summed E-state index contributed by atoms with van der Waals surface area (Å²) in [6, 6.07) is 23.5. The molecule has 2 N–H and O–H groups in total. The molecule has 1 unspecified atom stereocenters. The number of nitrogens with zero attached hydrogens (tertiary/aromatic N) is 3. The molecule has 1 atom stereocenters. The lowest BCUT2D eigenvalue weighted by Crippen LogP contribution is -2.32. The third-order valence-electron chi connectivity index (χ3n) is 5.49. The van der Waals surface area contributed by atoms with E-state index in [1.54, 1.807) is 4.68 Å². The van der Waals surface area contributed by atoms with Crippen molar-refractivity contribution in [2.45, 2.75) is 12.5 Å². The number of para-hydroxylation sites is 2. The highest BCUT2D eigenvalue weighted by Gasteiger charge is 2.21. The summed E-state index contributed by atoms with van der Waals surface area (Å²) in [5.74, 6) is -0.228. The standard InChI is InChI=1S/C24H20ClN5O/c25-20-9-3-1-7-16(20)18(19-13-26-21-10-4-2-8-17(19)21)14-27-24(31)15-30-23-12-6-5-11-22(23)28-29-30/h1-13,18,26H,14-15H2,(H,27,31). The maximum absolute atomic E-state index is 12.8. The number of rotatable bonds is 6. The lowest BCUT2D eigenvalue weighted by molar-refractivity contribution is -0.121. The molecule has 0 spiro atoms. The maximum atomic E-state index is 12.8. The van der Waals surface area contributed by atoms with Gasteiger partial charge in [0.1, 0.15) is 12.1 Å². The third kappa shape index (κ3) is 3.78. The lowest BCUT2D eigenvalue weighted by Gasteiger charge is -2.19. The molecule has 0 radical (unpaired) electrons. The normalized spacial score (nSPS) is 12.3. The van der Waals surface area contributed by atoms with E-state index >= 15 is 0 Å². The quantitative estimate of drug-likeness (QED) is 0.417. The van der Waals surface area contributed by atoms with Crippen molar-refractivity contribution in [2.75, 3.05) is 6.54 Å². The minimum Gasteiger partial charge on any atom is -0.361 e. The Morgan fingerprint density at radius 1 is 1.00 bits per heavy atom. The fourth-order valence-corrected chi connectivity index (χ4v) is 4.24. The molecule has 0 saturated carbocycles. The van der Waals surface area contributed by atoms with E-state index in [0.717, 1.165) is 33.1 Å². The van der Waals surface area contributed by atoms with Gasteiger partial charge in [0.2, 0.25) is 5.91 Å². The van der Waals surface area contributed by atoms with Crippen LogP contribution in [0, 0.1) is 0 Å². The van der Waals surface area contributed by atoms with Crippen molar-refractivity contribution in [3.05, 3.63) is 95.1 Å². The van der Waals surface area contributed by atoms with Gasteiger partial charge in [-0.1, -0.05) is 65.3 Å². The van der Waals surface area contributed by atoms with Gasteiger partial charge in [0, 0.05) is 34.6 Å². The number of hydrogen-bond acceptors (Lipinski definition) is 3. The van der Waals surface area contributed by atoms with Crippen LogP contribution in [0.2, 0.25) is 5.02 Å². The predicted octanol–water partition coefficient (Wildman–Crippen LogP) is 4.51. The molecule has 0 bridgehead atoms. The van der Waals surface area contributed by atoms with Gasteiger partial charge in [0.25, 0.3) is 0 Å². The van der Waals surface area contributed by atoms with Gasteiger partial charge in [-0.15, -0.1) is 5.10 Å². The zero-order valence-corrected chi connectivity index (χ0v) is 17.4. The van der Waals surface area contributed by atoms with Gasteiger partial charge < -0.3 is 10.3 Å². The number of carbonyl (C=O) groups is 1. The lowest BCUT2D eigenvalue weighted by atomic mass is 9.90. The summed E-state index contributed by atoms with van der Waals surface area (Å²) in [7, 11) is 0. The molecule has 2 heterocycles. The first-order valence-electron chi connectivity index (χ1n) is 10.1.